The van der Waals surface area contributed by atoms with Crippen molar-refractivity contribution in [1.82, 2.24) is 9.47 Å². The SMILES string of the molecule is COCCn1c([C@@H]2Nc3cc(C(=O)N4CCCC(N)C4)cc4c3N2CCO4)cc2cc(F)c(F)cc21. The van der Waals surface area contributed by atoms with Crippen LogP contribution < -0.4 is 20.7 Å². The molecule has 0 radical (unpaired) electrons. The van der Waals surface area contributed by atoms with Gasteiger partial charge in [0.25, 0.3) is 5.91 Å². The van der Waals surface area contributed by atoms with Crippen LogP contribution in [0, 0.1) is 11.6 Å². The number of halogens is 2. The molecule has 1 saturated heterocycles. The molecule has 2 atom stereocenters. The van der Waals surface area contributed by atoms with Gasteiger partial charge in [0.2, 0.25) is 0 Å². The number of ether oxygens (including phenoxy) is 2. The molecule has 1 unspecified atom stereocenters. The van der Waals surface area contributed by atoms with E-state index in [1.165, 1.54) is 12.1 Å². The molecule has 2 aromatic carbocycles. The molecule has 8 nitrogen and oxygen atoms in total. The number of likely N-dealkylation sites (tertiary alicyclic amines) is 1. The maximum Gasteiger partial charge on any atom is 0.254 e. The number of carbonyl (C=O) groups excluding carboxylic acids is 1. The Bertz CT molecular complexity index is 1340. The molecule has 36 heavy (non-hydrogen) atoms. The summed E-state index contributed by atoms with van der Waals surface area (Å²) in [7, 11) is 1.61. The zero-order chi connectivity index (χ0) is 25.0. The first-order chi connectivity index (χ1) is 17.4. The Labute approximate surface area is 207 Å². The molecule has 1 fully saturated rings. The van der Waals surface area contributed by atoms with Gasteiger partial charge in [-0.3, -0.25) is 4.79 Å². The van der Waals surface area contributed by atoms with Crippen LogP contribution in [0.3, 0.4) is 0 Å². The lowest BCUT2D eigenvalue weighted by atomic mass is 10.0. The summed E-state index contributed by atoms with van der Waals surface area (Å²) in [6, 6.07) is 8.01. The van der Waals surface area contributed by atoms with Crippen molar-refractivity contribution < 1.29 is 23.0 Å². The average molecular weight is 498 g/mol. The predicted molar refractivity (Wildman–Crippen MR) is 132 cm³/mol. The second-order valence-electron chi connectivity index (χ2n) is 9.65. The summed E-state index contributed by atoms with van der Waals surface area (Å²) in [6.07, 6.45) is 1.51. The number of nitrogens with one attached hydrogen (secondary N) is 1. The highest BCUT2D eigenvalue weighted by Crippen LogP contribution is 2.50. The summed E-state index contributed by atoms with van der Waals surface area (Å²) >= 11 is 0. The van der Waals surface area contributed by atoms with E-state index in [9.17, 15) is 13.6 Å². The number of fused-ring (bicyclic) bond motifs is 1. The topological polar surface area (TPSA) is 85.0 Å². The molecule has 3 aliphatic heterocycles. The zero-order valence-corrected chi connectivity index (χ0v) is 20.1. The Morgan fingerprint density at radius 1 is 1.19 bits per heavy atom. The summed E-state index contributed by atoms with van der Waals surface area (Å²) in [5.41, 5.74) is 9.79. The second kappa shape index (κ2) is 8.94. The molecule has 0 bridgehead atoms. The first-order valence-corrected chi connectivity index (χ1v) is 12.3. The Kier molecular flexibility index (Phi) is 5.72. The summed E-state index contributed by atoms with van der Waals surface area (Å²) in [5, 5.41) is 4.16. The number of benzene rings is 2. The number of carbonyl (C=O) groups is 1. The summed E-state index contributed by atoms with van der Waals surface area (Å²) < 4.78 is 41.4. The molecule has 3 aromatic rings. The fourth-order valence-corrected chi connectivity index (χ4v) is 5.64. The van der Waals surface area contributed by atoms with Gasteiger partial charge in [-0.2, -0.15) is 0 Å². The monoisotopic (exact) mass is 497 g/mol. The number of rotatable bonds is 5. The van der Waals surface area contributed by atoms with E-state index < -0.39 is 11.6 Å². The van der Waals surface area contributed by atoms with Crippen LogP contribution in [0.1, 0.15) is 35.1 Å². The van der Waals surface area contributed by atoms with Gasteiger partial charge in [-0.25, -0.2) is 8.78 Å². The molecule has 0 saturated carbocycles. The van der Waals surface area contributed by atoms with Gasteiger partial charge >= 0.3 is 0 Å². The third-order valence-electron chi connectivity index (χ3n) is 7.32. The molecular formula is C26H29F2N5O3. The number of methoxy groups -OCH3 is 1. The molecule has 3 aliphatic rings. The standard InChI is InChI=1S/C26H29F2N5O3/c1-35-7-5-32-21-13-19(28)18(27)9-15(21)11-22(32)25-30-20-10-16(12-23-24(20)33(25)6-8-36-23)26(34)31-4-2-3-17(29)14-31/h9-13,17,25,30H,2-8,14,29H2,1H3/t17?,25-/m1/s1. The molecule has 1 aromatic heterocycles. The summed E-state index contributed by atoms with van der Waals surface area (Å²) in [4.78, 5) is 17.3. The van der Waals surface area contributed by atoms with E-state index in [2.05, 4.69) is 10.2 Å². The van der Waals surface area contributed by atoms with Gasteiger partial charge in [0.05, 0.1) is 30.0 Å². The number of hydrogen-bond acceptors (Lipinski definition) is 6. The van der Waals surface area contributed by atoms with Crippen LogP contribution in [0.2, 0.25) is 0 Å². The van der Waals surface area contributed by atoms with Gasteiger partial charge in [0, 0.05) is 49.8 Å². The molecule has 6 rings (SSSR count). The maximum atomic E-state index is 14.1. The quantitative estimate of drug-likeness (QED) is 0.562. The minimum Gasteiger partial charge on any atom is -0.489 e. The highest BCUT2D eigenvalue weighted by atomic mass is 19.2. The smallest absolute Gasteiger partial charge is 0.254 e. The van der Waals surface area contributed by atoms with Crippen molar-refractivity contribution in [3.05, 3.63) is 53.2 Å². The van der Waals surface area contributed by atoms with Crippen molar-refractivity contribution in [3.63, 3.8) is 0 Å². The van der Waals surface area contributed by atoms with Gasteiger partial charge < -0.3 is 34.9 Å². The lowest BCUT2D eigenvalue weighted by molar-refractivity contribution is 0.0708. The largest absolute Gasteiger partial charge is 0.489 e. The Morgan fingerprint density at radius 3 is 2.83 bits per heavy atom. The van der Waals surface area contributed by atoms with Crippen molar-refractivity contribution in [1.29, 1.82) is 0 Å². The number of nitrogens with zero attached hydrogens (tertiary/aromatic N) is 3. The lowest BCUT2D eigenvalue weighted by Gasteiger charge is -2.33. The molecular weight excluding hydrogens is 468 g/mol. The fourth-order valence-electron chi connectivity index (χ4n) is 5.64. The molecule has 0 aliphatic carbocycles. The molecule has 3 N–H and O–H groups in total. The molecule has 0 spiro atoms. The number of amides is 1. The first kappa shape index (κ1) is 23.1. The highest BCUT2D eigenvalue weighted by Gasteiger charge is 2.38. The normalized spacial score (nSPS) is 20.9. The number of hydrogen-bond donors (Lipinski definition) is 2. The fraction of sp³-hybridized carbons (Fsp3) is 0.423. The molecule has 1 amide bonds. The van der Waals surface area contributed by atoms with Gasteiger partial charge in [-0.05, 0) is 37.1 Å². The van der Waals surface area contributed by atoms with Crippen LogP contribution >= 0.6 is 0 Å². The van der Waals surface area contributed by atoms with Crippen molar-refractivity contribution in [2.45, 2.75) is 31.6 Å². The van der Waals surface area contributed by atoms with Gasteiger partial charge in [-0.1, -0.05) is 0 Å². The Hall–Kier alpha value is -3.37. The van der Waals surface area contributed by atoms with Crippen LogP contribution in [0.15, 0.2) is 30.3 Å². The van der Waals surface area contributed by atoms with Gasteiger partial charge in [-0.15, -0.1) is 0 Å². The van der Waals surface area contributed by atoms with E-state index in [0.29, 0.717) is 61.6 Å². The van der Waals surface area contributed by atoms with E-state index in [-0.39, 0.29) is 18.1 Å². The highest BCUT2D eigenvalue weighted by molar-refractivity contribution is 5.99. The predicted octanol–water partition coefficient (Wildman–Crippen LogP) is 3.45. The average Bonchev–Trinajstić information content (AvgIpc) is 3.41. The van der Waals surface area contributed by atoms with Gasteiger partial charge in [0.15, 0.2) is 11.6 Å². The van der Waals surface area contributed by atoms with E-state index in [4.69, 9.17) is 15.2 Å². The zero-order valence-electron chi connectivity index (χ0n) is 20.1. The maximum absolute atomic E-state index is 14.1. The van der Waals surface area contributed by atoms with E-state index >= 15 is 0 Å². The van der Waals surface area contributed by atoms with Gasteiger partial charge in [0.1, 0.15) is 24.2 Å². The third kappa shape index (κ3) is 3.75. The van der Waals surface area contributed by atoms with Crippen molar-refractivity contribution in [2.75, 3.05) is 50.2 Å². The van der Waals surface area contributed by atoms with Crippen LogP contribution in [-0.2, 0) is 11.3 Å². The Morgan fingerprint density at radius 2 is 2.03 bits per heavy atom. The van der Waals surface area contributed by atoms with Crippen LogP contribution in [0.4, 0.5) is 20.2 Å². The van der Waals surface area contributed by atoms with Crippen molar-refractivity contribution in [3.8, 4) is 5.75 Å². The van der Waals surface area contributed by atoms with Crippen molar-refractivity contribution in [2.24, 2.45) is 5.73 Å². The van der Waals surface area contributed by atoms with E-state index in [1.807, 2.05) is 22.8 Å². The van der Waals surface area contributed by atoms with Crippen LogP contribution in [-0.4, -0.2) is 61.4 Å². The van der Waals surface area contributed by atoms with Crippen LogP contribution in [0.25, 0.3) is 10.9 Å². The number of nitrogens with two attached hydrogens (primary N) is 1. The number of anilines is 2. The minimum absolute atomic E-state index is 0.00609. The lowest BCUT2D eigenvalue weighted by Crippen LogP contribution is -2.45. The molecule has 190 valence electrons. The summed E-state index contributed by atoms with van der Waals surface area (Å²) in [6.45, 7) is 3.21. The molecule has 4 heterocycles. The third-order valence-corrected chi connectivity index (χ3v) is 7.32. The van der Waals surface area contributed by atoms with E-state index in [0.717, 1.165) is 29.9 Å². The first-order valence-electron chi connectivity index (χ1n) is 12.3. The molecule has 10 heteroatoms. The summed E-state index contributed by atoms with van der Waals surface area (Å²) in [5.74, 6) is -1.18. The number of piperidine rings is 1. The van der Waals surface area contributed by atoms with Crippen LogP contribution in [0.5, 0.6) is 5.75 Å². The Balaban J connectivity index is 1.39. The second-order valence-corrected chi connectivity index (χ2v) is 9.65. The van der Waals surface area contributed by atoms with E-state index in [1.54, 1.807) is 12.0 Å². The minimum atomic E-state index is -0.886. The number of aromatic nitrogens is 1. The van der Waals surface area contributed by atoms with Crippen molar-refractivity contribution >= 4 is 28.2 Å².